The minimum Gasteiger partial charge on any atom is -0.382 e. The highest BCUT2D eigenvalue weighted by molar-refractivity contribution is 7.99. The number of pyridine rings is 1. The van der Waals surface area contributed by atoms with E-state index < -0.39 is 11.6 Å². The second kappa shape index (κ2) is 8.25. The summed E-state index contributed by atoms with van der Waals surface area (Å²) in [6, 6.07) is 3.70. The first-order valence-corrected chi connectivity index (χ1v) is 10.1. The van der Waals surface area contributed by atoms with Gasteiger partial charge in [0.2, 0.25) is 0 Å². The summed E-state index contributed by atoms with van der Waals surface area (Å²) in [5.41, 5.74) is 9.90. The van der Waals surface area contributed by atoms with Gasteiger partial charge < -0.3 is 10.3 Å². The number of nitrogen functional groups attached to an aromatic ring is 1. The van der Waals surface area contributed by atoms with Crippen LogP contribution < -0.4 is 5.73 Å². The fourth-order valence-electron chi connectivity index (χ4n) is 3.20. The highest BCUT2D eigenvalue weighted by atomic mass is 32.2. The summed E-state index contributed by atoms with van der Waals surface area (Å²) < 4.78 is 29.0. The summed E-state index contributed by atoms with van der Waals surface area (Å²) in [4.78, 5) is 9.60. The molecule has 0 aliphatic heterocycles. The van der Waals surface area contributed by atoms with Crippen LogP contribution in [0.25, 0.3) is 11.0 Å². The molecular weight excluding hydrogens is 366 g/mol. The normalized spacial score (nSPS) is 11.4. The van der Waals surface area contributed by atoms with E-state index in [-0.39, 0.29) is 0 Å². The van der Waals surface area contributed by atoms with Crippen molar-refractivity contribution in [3.63, 3.8) is 0 Å². The van der Waals surface area contributed by atoms with Gasteiger partial charge in [0.05, 0.1) is 5.52 Å². The van der Waals surface area contributed by atoms with E-state index in [0.29, 0.717) is 10.7 Å². The SMILES string of the molecule is CCCc1nc2c(N)nc(C)c(C)c2n1CCCSc1ccc(F)cc1F. The number of rotatable bonds is 7. The number of hydrogen-bond acceptors (Lipinski definition) is 4. The Morgan fingerprint density at radius 3 is 2.67 bits per heavy atom. The number of aromatic nitrogens is 3. The van der Waals surface area contributed by atoms with Crippen molar-refractivity contribution in [2.75, 3.05) is 11.5 Å². The highest BCUT2D eigenvalue weighted by Gasteiger charge is 2.17. The maximum absolute atomic E-state index is 13.8. The molecule has 0 aliphatic rings. The third-order valence-corrected chi connectivity index (χ3v) is 5.76. The first-order chi connectivity index (χ1) is 12.9. The van der Waals surface area contributed by atoms with E-state index in [2.05, 4.69) is 16.5 Å². The summed E-state index contributed by atoms with van der Waals surface area (Å²) in [6.07, 6.45) is 2.70. The van der Waals surface area contributed by atoms with Crippen molar-refractivity contribution in [3.05, 3.63) is 46.9 Å². The van der Waals surface area contributed by atoms with E-state index in [9.17, 15) is 8.78 Å². The van der Waals surface area contributed by atoms with Crippen LogP contribution in [0.2, 0.25) is 0 Å². The van der Waals surface area contributed by atoms with Crippen LogP contribution in [0.3, 0.4) is 0 Å². The van der Waals surface area contributed by atoms with Crippen molar-refractivity contribution < 1.29 is 8.78 Å². The Morgan fingerprint density at radius 1 is 1.19 bits per heavy atom. The number of aryl methyl sites for hydroxylation is 4. The lowest BCUT2D eigenvalue weighted by Gasteiger charge is -2.11. The van der Waals surface area contributed by atoms with Crippen molar-refractivity contribution in [3.8, 4) is 0 Å². The Balaban J connectivity index is 1.80. The van der Waals surface area contributed by atoms with Crippen molar-refractivity contribution in [2.45, 2.75) is 51.5 Å². The zero-order valence-electron chi connectivity index (χ0n) is 15.9. The summed E-state index contributed by atoms with van der Waals surface area (Å²) in [5.74, 6) is 1.14. The topological polar surface area (TPSA) is 56.7 Å². The number of benzene rings is 1. The number of hydrogen-bond donors (Lipinski definition) is 1. The van der Waals surface area contributed by atoms with Gasteiger partial charge in [0.1, 0.15) is 23.0 Å². The molecule has 2 N–H and O–H groups in total. The molecule has 0 bridgehead atoms. The zero-order chi connectivity index (χ0) is 19.6. The van der Waals surface area contributed by atoms with Crippen LogP contribution in [0.15, 0.2) is 23.1 Å². The summed E-state index contributed by atoms with van der Waals surface area (Å²) in [7, 11) is 0. The molecular formula is C20H24F2N4S. The minimum atomic E-state index is -0.553. The molecule has 144 valence electrons. The van der Waals surface area contributed by atoms with Gasteiger partial charge >= 0.3 is 0 Å². The average molecular weight is 391 g/mol. The highest BCUT2D eigenvalue weighted by Crippen LogP contribution is 2.28. The van der Waals surface area contributed by atoms with Crippen LogP contribution in [0.4, 0.5) is 14.6 Å². The molecule has 4 nitrogen and oxygen atoms in total. The lowest BCUT2D eigenvalue weighted by Crippen LogP contribution is -2.06. The van der Waals surface area contributed by atoms with Crippen molar-refractivity contribution in [1.82, 2.24) is 14.5 Å². The van der Waals surface area contributed by atoms with Gasteiger partial charge in [-0.15, -0.1) is 11.8 Å². The lowest BCUT2D eigenvalue weighted by molar-refractivity contribution is 0.565. The van der Waals surface area contributed by atoms with Crippen LogP contribution >= 0.6 is 11.8 Å². The number of fused-ring (bicyclic) bond motifs is 1. The minimum absolute atomic E-state index is 0.465. The smallest absolute Gasteiger partial charge is 0.151 e. The number of nitrogens with zero attached hydrogens (tertiary/aromatic N) is 3. The maximum Gasteiger partial charge on any atom is 0.151 e. The second-order valence-corrected chi connectivity index (χ2v) is 7.75. The van der Waals surface area contributed by atoms with Gasteiger partial charge in [-0.05, 0) is 50.1 Å². The molecule has 0 amide bonds. The third-order valence-electron chi connectivity index (χ3n) is 4.63. The molecule has 0 unspecified atom stereocenters. The monoisotopic (exact) mass is 390 g/mol. The van der Waals surface area contributed by atoms with Gasteiger partial charge in [0.25, 0.3) is 0 Å². The molecule has 27 heavy (non-hydrogen) atoms. The van der Waals surface area contributed by atoms with Crippen LogP contribution in [0.1, 0.15) is 36.8 Å². The van der Waals surface area contributed by atoms with Crippen LogP contribution in [0.5, 0.6) is 0 Å². The molecule has 0 radical (unpaired) electrons. The Kier molecular flexibility index (Phi) is 5.99. The van der Waals surface area contributed by atoms with Gasteiger partial charge in [-0.2, -0.15) is 0 Å². The van der Waals surface area contributed by atoms with E-state index >= 15 is 0 Å². The van der Waals surface area contributed by atoms with E-state index in [1.165, 1.54) is 23.9 Å². The Bertz CT molecular complexity index is 969. The quantitative estimate of drug-likeness (QED) is 0.453. The third kappa shape index (κ3) is 4.08. The van der Waals surface area contributed by atoms with E-state index in [1.807, 2.05) is 13.8 Å². The molecule has 2 heterocycles. The van der Waals surface area contributed by atoms with E-state index in [1.54, 1.807) is 0 Å². The molecule has 0 saturated heterocycles. The summed E-state index contributed by atoms with van der Waals surface area (Å²) in [6.45, 7) is 6.89. The van der Waals surface area contributed by atoms with Crippen molar-refractivity contribution in [1.29, 1.82) is 0 Å². The van der Waals surface area contributed by atoms with Gasteiger partial charge in [-0.25, -0.2) is 18.7 Å². The van der Waals surface area contributed by atoms with E-state index in [0.717, 1.165) is 65.7 Å². The number of nitrogens with two attached hydrogens (primary N) is 1. The first kappa shape index (κ1) is 19.6. The Labute approximate surface area is 162 Å². The van der Waals surface area contributed by atoms with Crippen molar-refractivity contribution in [2.24, 2.45) is 0 Å². The zero-order valence-corrected chi connectivity index (χ0v) is 16.7. The fourth-order valence-corrected chi connectivity index (χ4v) is 4.05. The van der Waals surface area contributed by atoms with Crippen molar-refractivity contribution >= 4 is 28.6 Å². The van der Waals surface area contributed by atoms with Crippen LogP contribution in [-0.2, 0) is 13.0 Å². The van der Waals surface area contributed by atoms with Gasteiger partial charge in [0, 0.05) is 29.6 Å². The average Bonchev–Trinajstić information content (AvgIpc) is 2.98. The van der Waals surface area contributed by atoms with Gasteiger partial charge in [-0.3, -0.25) is 0 Å². The van der Waals surface area contributed by atoms with Gasteiger partial charge in [-0.1, -0.05) is 6.92 Å². The number of anilines is 1. The molecule has 3 aromatic rings. The molecule has 0 aliphatic carbocycles. The molecule has 7 heteroatoms. The largest absolute Gasteiger partial charge is 0.382 e. The molecule has 0 spiro atoms. The first-order valence-electron chi connectivity index (χ1n) is 9.12. The Hall–Kier alpha value is -2.15. The number of halogens is 2. The second-order valence-electron chi connectivity index (χ2n) is 6.61. The maximum atomic E-state index is 13.8. The number of imidazole rings is 1. The molecule has 2 aromatic heterocycles. The van der Waals surface area contributed by atoms with E-state index in [4.69, 9.17) is 10.7 Å². The van der Waals surface area contributed by atoms with Crippen LogP contribution in [-0.4, -0.2) is 20.3 Å². The lowest BCUT2D eigenvalue weighted by atomic mass is 10.2. The Morgan fingerprint density at radius 2 is 1.96 bits per heavy atom. The molecule has 3 rings (SSSR count). The summed E-state index contributed by atoms with van der Waals surface area (Å²) in [5, 5.41) is 0. The number of thioether (sulfide) groups is 1. The fraction of sp³-hybridized carbons (Fsp3) is 0.400. The standard InChI is InChI=1S/C20H24F2N4S/c1-4-6-17-25-18-19(12(2)13(3)24-20(18)23)26(17)9-5-10-27-16-8-7-14(21)11-15(16)22/h7-8,11H,4-6,9-10H2,1-3H3,(H2,23,24). The predicted octanol–water partition coefficient (Wildman–Crippen LogP) is 5.04. The predicted molar refractivity (Wildman–Crippen MR) is 107 cm³/mol. The molecule has 1 aromatic carbocycles. The molecule has 0 saturated carbocycles. The molecule has 0 fully saturated rings. The van der Waals surface area contributed by atoms with Crippen LogP contribution in [0, 0.1) is 25.5 Å². The molecule has 0 atom stereocenters. The van der Waals surface area contributed by atoms with Gasteiger partial charge in [0.15, 0.2) is 5.82 Å². The summed E-state index contributed by atoms with van der Waals surface area (Å²) >= 11 is 1.40.